The van der Waals surface area contributed by atoms with Crippen LogP contribution in [-0.4, -0.2) is 32.3 Å². The van der Waals surface area contributed by atoms with E-state index in [1.54, 1.807) is 7.11 Å². The average molecular weight is 258 g/mol. The molecule has 0 heterocycles. The molecule has 0 aliphatic carbocycles. The molecule has 1 aromatic carbocycles. The largest absolute Gasteiger partial charge is 0.369 e. The molecule has 0 N–H and O–H groups in total. The fraction of sp³-hybridized carbons (Fsp3) is 0.455. The van der Waals surface area contributed by atoms with Gasteiger partial charge in [-0.05, 0) is 25.1 Å². The topological polar surface area (TPSA) is 12.5 Å². The standard InChI is InChI=1S/C11H16BrNO/c1-13(9-14-2)8-7-10-5-3-4-6-11(10)12/h3-6H,7-9H2,1-2H3. The number of methoxy groups -OCH3 is 1. The van der Waals surface area contributed by atoms with Gasteiger partial charge in [-0.15, -0.1) is 0 Å². The molecule has 0 saturated heterocycles. The molecular weight excluding hydrogens is 242 g/mol. The molecule has 1 aromatic rings. The van der Waals surface area contributed by atoms with Crippen LogP contribution in [0, 0.1) is 0 Å². The zero-order valence-electron chi connectivity index (χ0n) is 8.66. The van der Waals surface area contributed by atoms with E-state index in [9.17, 15) is 0 Å². The van der Waals surface area contributed by atoms with E-state index >= 15 is 0 Å². The first-order valence-corrected chi connectivity index (χ1v) is 5.44. The maximum atomic E-state index is 5.04. The zero-order valence-corrected chi connectivity index (χ0v) is 10.3. The Kier molecular flexibility index (Phi) is 5.15. The lowest BCUT2D eigenvalue weighted by atomic mass is 10.1. The van der Waals surface area contributed by atoms with Crippen LogP contribution in [0.1, 0.15) is 5.56 Å². The summed E-state index contributed by atoms with van der Waals surface area (Å²) in [4.78, 5) is 2.15. The number of halogens is 1. The van der Waals surface area contributed by atoms with Gasteiger partial charge in [-0.25, -0.2) is 0 Å². The van der Waals surface area contributed by atoms with Crippen molar-refractivity contribution in [1.82, 2.24) is 4.90 Å². The Morgan fingerprint density at radius 1 is 1.36 bits per heavy atom. The Morgan fingerprint density at radius 3 is 2.71 bits per heavy atom. The number of likely N-dealkylation sites (N-methyl/N-ethyl adjacent to an activating group) is 1. The van der Waals surface area contributed by atoms with E-state index < -0.39 is 0 Å². The summed E-state index contributed by atoms with van der Waals surface area (Å²) in [6, 6.07) is 8.32. The molecule has 0 fully saturated rings. The molecule has 14 heavy (non-hydrogen) atoms. The molecule has 0 saturated carbocycles. The van der Waals surface area contributed by atoms with Crippen LogP contribution in [-0.2, 0) is 11.2 Å². The third-order valence-electron chi connectivity index (χ3n) is 2.07. The molecule has 0 aliphatic heterocycles. The van der Waals surface area contributed by atoms with Crippen molar-refractivity contribution in [2.45, 2.75) is 6.42 Å². The average Bonchev–Trinajstić information content (AvgIpc) is 2.17. The fourth-order valence-corrected chi connectivity index (χ4v) is 1.78. The molecule has 78 valence electrons. The van der Waals surface area contributed by atoms with E-state index in [0.717, 1.165) is 13.0 Å². The van der Waals surface area contributed by atoms with E-state index in [-0.39, 0.29) is 0 Å². The van der Waals surface area contributed by atoms with Crippen molar-refractivity contribution in [3.63, 3.8) is 0 Å². The molecule has 0 spiro atoms. The minimum Gasteiger partial charge on any atom is -0.369 e. The van der Waals surface area contributed by atoms with Gasteiger partial charge >= 0.3 is 0 Å². The van der Waals surface area contributed by atoms with E-state index in [1.165, 1.54) is 10.0 Å². The van der Waals surface area contributed by atoms with Gasteiger partial charge in [0, 0.05) is 18.1 Å². The van der Waals surface area contributed by atoms with Gasteiger partial charge in [0.2, 0.25) is 0 Å². The highest BCUT2D eigenvalue weighted by Gasteiger charge is 2.01. The highest BCUT2D eigenvalue weighted by molar-refractivity contribution is 9.10. The van der Waals surface area contributed by atoms with Gasteiger partial charge in [0.25, 0.3) is 0 Å². The van der Waals surface area contributed by atoms with Crippen LogP contribution in [0.2, 0.25) is 0 Å². The number of rotatable bonds is 5. The lowest BCUT2D eigenvalue weighted by Crippen LogP contribution is -2.23. The third kappa shape index (κ3) is 3.78. The summed E-state index contributed by atoms with van der Waals surface area (Å²) in [5.41, 5.74) is 1.34. The predicted molar refractivity (Wildman–Crippen MR) is 62.4 cm³/mol. The Bertz CT molecular complexity index is 278. The fourth-order valence-electron chi connectivity index (χ4n) is 1.30. The summed E-state index contributed by atoms with van der Waals surface area (Å²) in [6.07, 6.45) is 1.04. The molecule has 0 aromatic heterocycles. The van der Waals surface area contributed by atoms with Crippen LogP contribution in [0.4, 0.5) is 0 Å². The van der Waals surface area contributed by atoms with Gasteiger partial charge in [0.05, 0.1) is 6.73 Å². The van der Waals surface area contributed by atoms with Crippen molar-refractivity contribution in [3.05, 3.63) is 34.3 Å². The normalized spacial score (nSPS) is 10.9. The first-order chi connectivity index (χ1) is 6.74. The highest BCUT2D eigenvalue weighted by Crippen LogP contribution is 2.16. The molecule has 0 radical (unpaired) electrons. The van der Waals surface area contributed by atoms with Gasteiger partial charge in [0.15, 0.2) is 0 Å². The first kappa shape index (κ1) is 11.7. The van der Waals surface area contributed by atoms with Crippen molar-refractivity contribution in [2.75, 3.05) is 27.4 Å². The van der Waals surface area contributed by atoms with Crippen molar-refractivity contribution in [1.29, 1.82) is 0 Å². The monoisotopic (exact) mass is 257 g/mol. The van der Waals surface area contributed by atoms with E-state index in [4.69, 9.17) is 4.74 Å². The Labute approximate surface area is 94.0 Å². The van der Waals surface area contributed by atoms with Crippen LogP contribution in [0.3, 0.4) is 0 Å². The number of nitrogens with zero attached hydrogens (tertiary/aromatic N) is 1. The first-order valence-electron chi connectivity index (χ1n) is 4.65. The minimum absolute atomic E-state index is 0.685. The van der Waals surface area contributed by atoms with Gasteiger partial charge in [0.1, 0.15) is 0 Å². The van der Waals surface area contributed by atoms with Gasteiger partial charge in [-0.1, -0.05) is 34.1 Å². The molecule has 2 nitrogen and oxygen atoms in total. The number of benzene rings is 1. The number of hydrogen-bond donors (Lipinski definition) is 0. The summed E-state index contributed by atoms with van der Waals surface area (Å²) in [5, 5.41) is 0. The zero-order chi connectivity index (χ0) is 10.4. The molecule has 0 amide bonds. The van der Waals surface area contributed by atoms with Gasteiger partial charge in [-0.3, -0.25) is 4.90 Å². The second-order valence-electron chi connectivity index (χ2n) is 3.34. The molecular formula is C11H16BrNO. The maximum absolute atomic E-state index is 5.04. The van der Waals surface area contributed by atoms with Crippen molar-refractivity contribution < 1.29 is 4.74 Å². The second kappa shape index (κ2) is 6.17. The van der Waals surface area contributed by atoms with Crippen LogP contribution < -0.4 is 0 Å². The van der Waals surface area contributed by atoms with Crippen LogP contribution >= 0.6 is 15.9 Å². The lowest BCUT2D eigenvalue weighted by molar-refractivity contribution is 0.0827. The summed E-state index contributed by atoms with van der Waals surface area (Å²) >= 11 is 3.54. The predicted octanol–water partition coefficient (Wildman–Crippen LogP) is 2.53. The van der Waals surface area contributed by atoms with Crippen molar-refractivity contribution in [2.24, 2.45) is 0 Å². The smallest absolute Gasteiger partial charge is 0.0984 e. The highest BCUT2D eigenvalue weighted by atomic mass is 79.9. The number of hydrogen-bond acceptors (Lipinski definition) is 2. The van der Waals surface area contributed by atoms with Crippen LogP contribution in [0.15, 0.2) is 28.7 Å². The summed E-state index contributed by atoms with van der Waals surface area (Å²) in [5.74, 6) is 0. The summed E-state index contributed by atoms with van der Waals surface area (Å²) < 4.78 is 6.22. The Balaban J connectivity index is 2.41. The summed E-state index contributed by atoms with van der Waals surface area (Å²) in [6.45, 7) is 1.70. The lowest BCUT2D eigenvalue weighted by Gasteiger charge is -2.15. The summed E-state index contributed by atoms with van der Waals surface area (Å²) in [7, 11) is 3.77. The Hall–Kier alpha value is -0.380. The van der Waals surface area contributed by atoms with Crippen LogP contribution in [0.5, 0.6) is 0 Å². The van der Waals surface area contributed by atoms with E-state index in [1.807, 2.05) is 6.07 Å². The van der Waals surface area contributed by atoms with E-state index in [2.05, 4.69) is 46.1 Å². The molecule has 0 aliphatic rings. The van der Waals surface area contributed by atoms with Crippen molar-refractivity contribution >= 4 is 15.9 Å². The molecule has 1 rings (SSSR count). The van der Waals surface area contributed by atoms with Gasteiger partial charge in [-0.2, -0.15) is 0 Å². The van der Waals surface area contributed by atoms with Gasteiger partial charge < -0.3 is 4.74 Å². The molecule has 0 bridgehead atoms. The molecule has 0 unspecified atom stereocenters. The maximum Gasteiger partial charge on any atom is 0.0984 e. The van der Waals surface area contributed by atoms with Crippen LogP contribution in [0.25, 0.3) is 0 Å². The molecule has 3 heteroatoms. The van der Waals surface area contributed by atoms with E-state index in [0.29, 0.717) is 6.73 Å². The Morgan fingerprint density at radius 2 is 2.07 bits per heavy atom. The third-order valence-corrected chi connectivity index (χ3v) is 2.84. The quantitative estimate of drug-likeness (QED) is 0.752. The minimum atomic E-state index is 0.685. The second-order valence-corrected chi connectivity index (χ2v) is 4.19. The number of ether oxygens (including phenoxy) is 1. The van der Waals surface area contributed by atoms with Crippen molar-refractivity contribution in [3.8, 4) is 0 Å². The molecule has 0 atom stereocenters. The SMILES string of the molecule is COCN(C)CCc1ccccc1Br.